The standard InChI is InChI=1S/C10H21NO2S/c1-4-6-7-8-10(11-5-2)9-14(3,12)13/h4,10-11H,1,5-9H2,2-3H3. The number of allylic oxidation sites excluding steroid dienone is 1. The lowest BCUT2D eigenvalue weighted by Gasteiger charge is -2.16. The first-order valence-electron chi connectivity index (χ1n) is 5.01. The maximum atomic E-state index is 11.1. The normalized spacial score (nSPS) is 13.9. The first-order valence-corrected chi connectivity index (χ1v) is 7.07. The van der Waals surface area contributed by atoms with Gasteiger partial charge in [-0.1, -0.05) is 13.0 Å². The second-order valence-electron chi connectivity index (χ2n) is 3.57. The van der Waals surface area contributed by atoms with Crippen LogP contribution < -0.4 is 5.32 Å². The van der Waals surface area contributed by atoms with Crippen molar-refractivity contribution in [2.75, 3.05) is 18.6 Å². The summed E-state index contributed by atoms with van der Waals surface area (Å²) < 4.78 is 22.2. The zero-order chi connectivity index (χ0) is 11.0. The Kier molecular flexibility index (Phi) is 6.83. The fourth-order valence-corrected chi connectivity index (χ4v) is 2.42. The summed E-state index contributed by atoms with van der Waals surface area (Å²) in [6.45, 7) is 6.44. The van der Waals surface area contributed by atoms with Gasteiger partial charge in [-0.05, 0) is 25.8 Å². The summed E-state index contributed by atoms with van der Waals surface area (Å²) in [7, 11) is -2.87. The van der Waals surface area contributed by atoms with E-state index in [1.807, 2.05) is 13.0 Å². The van der Waals surface area contributed by atoms with E-state index in [1.54, 1.807) is 0 Å². The average Bonchev–Trinajstić information content (AvgIpc) is 2.02. The molecule has 0 aromatic rings. The molecule has 0 saturated carbocycles. The minimum absolute atomic E-state index is 0.0925. The van der Waals surface area contributed by atoms with Crippen LogP contribution in [0.15, 0.2) is 12.7 Å². The predicted octanol–water partition coefficient (Wildman–Crippen LogP) is 1.37. The third-order valence-corrected chi connectivity index (χ3v) is 2.97. The van der Waals surface area contributed by atoms with Gasteiger partial charge in [0.1, 0.15) is 9.84 Å². The number of unbranched alkanes of at least 4 members (excludes halogenated alkanes) is 1. The lowest BCUT2D eigenvalue weighted by atomic mass is 10.1. The Morgan fingerprint density at radius 2 is 2.14 bits per heavy atom. The van der Waals surface area contributed by atoms with Gasteiger partial charge in [0.05, 0.1) is 5.75 Å². The molecular weight excluding hydrogens is 198 g/mol. The third-order valence-electron chi connectivity index (χ3n) is 1.96. The minimum Gasteiger partial charge on any atom is -0.313 e. The summed E-state index contributed by atoms with van der Waals surface area (Å²) in [4.78, 5) is 0. The van der Waals surface area contributed by atoms with Gasteiger partial charge in [-0.2, -0.15) is 0 Å². The van der Waals surface area contributed by atoms with Crippen LogP contribution in [0.25, 0.3) is 0 Å². The van der Waals surface area contributed by atoms with Crippen molar-refractivity contribution in [3.63, 3.8) is 0 Å². The van der Waals surface area contributed by atoms with Crippen LogP contribution in [0, 0.1) is 0 Å². The van der Waals surface area contributed by atoms with E-state index in [0.717, 1.165) is 25.8 Å². The highest BCUT2D eigenvalue weighted by Crippen LogP contribution is 2.03. The first kappa shape index (κ1) is 13.7. The van der Waals surface area contributed by atoms with Crippen LogP contribution in [0.1, 0.15) is 26.2 Å². The summed E-state index contributed by atoms with van der Waals surface area (Å²) in [5, 5.41) is 3.18. The summed E-state index contributed by atoms with van der Waals surface area (Å²) >= 11 is 0. The zero-order valence-electron chi connectivity index (χ0n) is 9.12. The van der Waals surface area contributed by atoms with E-state index in [1.165, 1.54) is 6.26 Å². The van der Waals surface area contributed by atoms with Crippen molar-refractivity contribution < 1.29 is 8.42 Å². The summed E-state index contributed by atoms with van der Waals surface area (Å²) in [6, 6.07) is 0.0925. The molecule has 0 aliphatic rings. The molecule has 0 aromatic carbocycles. The van der Waals surface area contributed by atoms with Crippen molar-refractivity contribution >= 4 is 9.84 Å². The van der Waals surface area contributed by atoms with Crippen molar-refractivity contribution in [1.82, 2.24) is 5.32 Å². The molecule has 0 spiro atoms. The van der Waals surface area contributed by atoms with Crippen LogP contribution in [0.5, 0.6) is 0 Å². The molecule has 4 heteroatoms. The van der Waals surface area contributed by atoms with Crippen LogP contribution in [-0.2, 0) is 9.84 Å². The van der Waals surface area contributed by atoms with Gasteiger partial charge in [-0.25, -0.2) is 8.42 Å². The Hall–Kier alpha value is -0.350. The molecule has 1 unspecified atom stereocenters. The summed E-state index contributed by atoms with van der Waals surface area (Å²) in [6.07, 6.45) is 5.99. The molecule has 0 aliphatic carbocycles. The summed E-state index contributed by atoms with van der Waals surface area (Å²) in [5.41, 5.74) is 0. The second kappa shape index (κ2) is 7.01. The lowest BCUT2D eigenvalue weighted by molar-refractivity contribution is 0.507. The molecule has 0 fully saturated rings. The lowest BCUT2D eigenvalue weighted by Crippen LogP contribution is -2.35. The Morgan fingerprint density at radius 1 is 1.50 bits per heavy atom. The van der Waals surface area contributed by atoms with Crippen molar-refractivity contribution in [1.29, 1.82) is 0 Å². The van der Waals surface area contributed by atoms with Crippen molar-refractivity contribution in [2.45, 2.75) is 32.2 Å². The highest BCUT2D eigenvalue weighted by atomic mass is 32.2. The first-order chi connectivity index (χ1) is 6.49. The Morgan fingerprint density at radius 3 is 2.57 bits per heavy atom. The van der Waals surface area contributed by atoms with Gasteiger partial charge in [-0.3, -0.25) is 0 Å². The number of rotatable bonds is 8. The monoisotopic (exact) mass is 219 g/mol. The summed E-state index contributed by atoms with van der Waals surface area (Å²) in [5.74, 6) is 0.234. The molecule has 1 atom stereocenters. The average molecular weight is 219 g/mol. The van der Waals surface area contributed by atoms with E-state index in [-0.39, 0.29) is 11.8 Å². The van der Waals surface area contributed by atoms with E-state index < -0.39 is 9.84 Å². The van der Waals surface area contributed by atoms with Gasteiger partial charge in [0, 0.05) is 12.3 Å². The van der Waals surface area contributed by atoms with Crippen LogP contribution in [0.2, 0.25) is 0 Å². The molecule has 84 valence electrons. The van der Waals surface area contributed by atoms with Gasteiger partial charge in [0.25, 0.3) is 0 Å². The third kappa shape index (κ3) is 8.26. The van der Waals surface area contributed by atoms with E-state index >= 15 is 0 Å². The largest absolute Gasteiger partial charge is 0.313 e. The van der Waals surface area contributed by atoms with E-state index in [0.29, 0.717) is 0 Å². The van der Waals surface area contributed by atoms with Crippen LogP contribution in [-0.4, -0.2) is 33.0 Å². The predicted molar refractivity (Wildman–Crippen MR) is 61.2 cm³/mol. The van der Waals surface area contributed by atoms with Gasteiger partial charge in [-0.15, -0.1) is 6.58 Å². The van der Waals surface area contributed by atoms with Crippen LogP contribution in [0.3, 0.4) is 0 Å². The molecule has 0 saturated heterocycles. The fourth-order valence-electron chi connectivity index (χ4n) is 1.41. The van der Waals surface area contributed by atoms with Gasteiger partial charge in [0.2, 0.25) is 0 Å². The molecule has 1 N–H and O–H groups in total. The zero-order valence-corrected chi connectivity index (χ0v) is 9.94. The van der Waals surface area contributed by atoms with Gasteiger partial charge >= 0.3 is 0 Å². The fraction of sp³-hybridized carbons (Fsp3) is 0.800. The molecule has 0 heterocycles. The highest BCUT2D eigenvalue weighted by molar-refractivity contribution is 7.90. The Bertz CT molecular complexity index is 247. The van der Waals surface area contributed by atoms with E-state index in [2.05, 4.69) is 11.9 Å². The maximum Gasteiger partial charge on any atom is 0.148 e. The van der Waals surface area contributed by atoms with Crippen molar-refractivity contribution in [2.24, 2.45) is 0 Å². The van der Waals surface area contributed by atoms with Gasteiger partial charge < -0.3 is 5.32 Å². The molecule has 3 nitrogen and oxygen atoms in total. The van der Waals surface area contributed by atoms with Crippen LogP contribution in [0.4, 0.5) is 0 Å². The molecule has 14 heavy (non-hydrogen) atoms. The van der Waals surface area contributed by atoms with Gasteiger partial charge in [0.15, 0.2) is 0 Å². The quantitative estimate of drug-likeness (QED) is 0.495. The minimum atomic E-state index is -2.87. The second-order valence-corrected chi connectivity index (χ2v) is 5.75. The molecule has 0 aliphatic heterocycles. The molecule has 0 amide bonds. The molecule has 0 radical (unpaired) electrons. The Balaban J connectivity index is 3.95. The van der Waals surface area contributed by atoms with E-state index in [4.69, 9.17) is 0 Å². The topological polar surface area (TPSA) is 46.2 Å². The molecule has 0 rings (SSSR count). The van der Waals surface area contributed by atoms with E-state index in [9.17, 15) is 8.42 Å². The highest BCUT2D eigenvalue weighted by Gasteiger charge is 2.13. The van der Waals surface area contributed by atoms with Crippen molar-refractivity contribution in [3.8, 4) is 0 Å². The number of hydrogen-bond donors (Lipinski definition) is 1. The SMILES string of the molecule is C=CCCCC(CS(C)(=O)=O)NCC. The maximum absolute atomic E-state index is 11.1. The van der Waals surface area contributed by atoms with Crippen LogP contribution >= 0.6 is 0 Å². The molecular formula is C10H21NO2S. The number of sulfone groups is 1. The molecule has 0 aromatic heterocycles. The van der Waals surface area contributed by atoms with Crippen molar-refractivity contribution in [3.05, 3.63) is 12.7 Å². The molecule has 0 bridgehead atoms. The smallest absolute Gasteiger partial charge is 0.148 e. The number of hydrogen-bond acceptors (Lipinski definition) is 3. The Labute approximate surface area is 87.5 Å². The number of nitrogens with one attached hydrogen (secondary N) is 1.